The molecule has 0 aromatic rings. The van der Waals surface area contributed by atoms with Crippen LogP contribution in [0.4, 0.5) is 4.39 Å². The molecule has 72 valence electrons. The summed E-state index contributed by atoms with van der Waals surface area (Å²) in [5, 5.41) is 0. The molecule has 1 aliphatic rings. The maximum absolute atomic E-state index is 12.6. The van der Waals surface area contributed by atoms with Gasteiger partial charge < -0.3 is 0 Å². The lowest BCUT2D eigenvalue weighted by molar-refractivity contribution is 0.188. The summed E-state index contributed by atoms with van der Waals surface area (Å²) in [6.45, 7) is 7.06. The van der Waals surface area contributed by atoms with Gasteiger partial charge in [-0.3, -0.25) is 4.90 Å². The van der Waals surface area contributed by atoms with Gasteiger partial charge in [-0.1, -0.05) is 0 Å². The molecule has 1 saturated heterocycles. The Labute approximate surface area is 74.9 Å². The lowest BCUT2D eigenvalue weighted by Gasteiger charge is -2.25. The van der Waals surface area contributed by atoms with E-state index < -0.39 is 6.17 Å². The van der Waals surface area contributed by atoms with Gasteiger partial charge in [0.25, 0.3) is 0 Å². The second kappa shape index (κ2) is 4.22. The van der Waals surface area contributed by atoms with Gasteiger partial charge in [-0.2, -0.15) is 0 Å². The highest BCUT2D eigenvalue weighted by Crippen LogP contribution is 2.23. The van der Waals surface area contributed by atoms with Crippen LogP contribution in [0.3, 0.4) is 0 Å². The zero-order valence-electron chi connectivity index (χ0n) is 8.39. The molecule has 0 aliphatic carbocycles. The van der Waals surface area contributed by atoms with Gasteiger partial charge in [-0.25, -0.2) is 4.39 Å². The Kier molecular flexibility index (Phi) is 3.51. The van der Waals surface area contributed by atoms with Gasteiger partial charge in [-0.05, 0) is 40.0 Å². The summed E-state index contributed by atoms with van der Waals surface area (Å²) >= 11 is 0. The number of hydrogen-bond acceptors (Lipinski definition) is 1. The second-order valence-electron chi connectivity index (χ2n) is 4.08. The third kappa shape index (κ3) is 2.44. The standard InChI is InChI=1S/C10H20FN/c1-8(11)6-7-12-9(2)4-5-10(12)3/h8-10H,4-7H2,1-3H3. The summed E-state index contributed by atoms with van der Waals surface area (Å²) in [6.07, 6.45) is 2.60. The molecule has 0 bridgehead atoms. The predicted molar refractivity (Wildman–Crippen MR) is 50.1 cm³/mol. The molecule has 1 fully saturated rings. The van der Waals surface area contributed by atoms with Crippen molar-refractivity contribution in [3.05, 3.63) is 0 Å². The van der Waals surface area contributed by atoms with E-state index in [2.05, 4.69) is 18.7 Å². The molecular formula is C10H20FN. The highest BCUT2D eigenvalue weighted by atomic mass is 19.1. The van der Waals surface area contributed by atoms with E-state index in [0.717, 1.165) is 6.54 Å². The van der Waals surface area contributed by atoms with Crippen LogP contribution in [-0.4, -0.2) is 29.7 Å². The minimum Gasteiger partial charge on any atom is -0.298 e. The average molecular weight is 173 g/mol. The lowest BCUT2D eigenvalue weighted by atomic mass is 10.2. The molecule has 1 nitrogen and oxygen atoms in total. The lowest BCUT2D eigenvalue weighted by Crippen LogP contribution is -2.34. The summed E-state index contributed by atoms with van der Waals surface area (Å²) in [6, 6.07) is 1.33. The fourth-order valence-corrected chi connectivity index (χ4v) is 2.02. The molecule has 0 amide bonds. The van der Waals surface area contributed by atoms with Gasteiger partial charge in [-0.15, -0.1) is 0 Å². The largest absolute Gasteiger partial charge is 0.298 e. The molecule has 0 saturated carbocycles. The van der Waals surface area contributed by atoms with Crippen LogP contribution in [-0.2, 0) is 0 Å². The van der Waals surface area contributed by atoms with E-state index in [4.69, 9.17) is 0 Å². The van der Waals surface area contributed by atoms with Crippen molar-refractivity contribution in [1.82, 2.24) is 4.90 Å². The Morgan fingerprint density at radius 3 is 2.25 bits per heavy atom. The first-order valence-electron chi connectivity index (χ1n) is 5.01. The molecule has 1 aliphatic heterocycles. The van der Waals surface area contributed by atoms with Gasteiger partial charge in [0.2, 0.25) is 0 Å². The van der Waals surface area contributed by atoms with Crippen LogP contribution in [0.25, 0.3) is 0 Å². The molecule has 0 spiro atoms. The van der Waals surface area contributed by atoms with Crippen LogP contribution in [0.1, 0.15) is 40.0 Å². The number of halogens is 1. The SMILES string of the molecule is CC(F)CCN1C(C)CCC1C. The molecule has 1 rings (SSSR count). The molecule has 0 aromatic heterocycles. The minimum absolute atomic E-state index is 0.648. The topological polar surface area (TPSA) is 3.24 Å². The number of hydrogen-bond donors (Lipinski definition) is 0. The fraction of sp³-hybridized carbons (Fsp3) is 1.00. The monoisotopic (exact) mass is 173 g/mol. The Morgan fingerprint density at radius 2 is 1.83 bits per heavy atom. The van der Waals surface area contributed by atoms with Crippen LogP contribution < -0.4 is 0 Å². The maximum atomic E-state index is 12.6. The molecule has 3 unspecified atom stereocenters. The van der Waals surface area contributed by atoms with Crippen LogP contribution in [0, 0.1) is 0 Å². The van der Waals surface area contributed by atoms with Crippen molar-refractivity contribution in [2.45, 2.75) is 58.3 Å². The summed E-state index contributed by atoms with van der Waals surface area (Å²) in [5.74, 6) is 0. The Balaban J connectivity index is 2.29. The van der Waals surface area contributed by atoms with E-state index in [0.29, 0.717) is 18.5 Å². The van der Waals surface area contributed by atoms with Gasteiger partial charge >= 0.3 is 0 Å². The van der Waals surface area contributed by atoms with Crippen molar-refractivity contribution >= 4 is 0 Å². The number of nitrogens with zero attached hydrogens (tertiary/aromatic N) is 1. The average Bonchev–Trinajstić information content (AvgIpc) is 2.28. The van der Waals surface area contributed by atoms with Crippen molar-refractivity contribution in [2.24, 2.45) is 0 Å². The van der Waals surface area contributed by atoms with E-state index in [1.54, 1.807) is 6.92 Å². The third-order valence-corrected chi connectivity index (χ3v) is 2.92. The van der Waals surface area contributed by atoms with E-state index in [-0.39, 0.29) is 0 Å². The molecule has 3 atom stereocenters. The van der Waals surface area contributed by atoms with E-state index in [9.17, 15) is 4.39 Å². The number of rotatable bonds is 3. The van der Waals surface area contributed by atoms with Crippen molar-refractivity contribution in [2.75, 3.05) is 6.54 Å². The van der Waals surface area contributed by atoms with Crippen LogP contribution in [0.5, 0.6) is 0 Å². The number of alkyl halides is 1. The highest BCUT2D eigenvalue weighted by molar-refractivity contribution is 4.82. The molecule has 0 aromatic carbocycles. The van der Waals surface area contributed by atoms with Gasteiger partial charge in [0.15, 0.2) is 0 Å². The van der Waals surface area contributed by atoms with Crippen LogP contribution >= 0.6 is 0 Å². The molecule has 1 heterocycles. The second-order valence-corrected chi connectivity index (χ2v) is 4.08. The van der Waals surface area contributed by atoms with Crippen molar-refractivity contribution < 1.29 is 4.39 Å². The summed E-state index contributed by atoms with van der Waals surface area (Å²) < 4.78 is 12.6. The molecule has 12 heavy (non-hydrogen) atoms. The first-order chi connectivity index (χ1) is 5.61. The molecule has 0 radical (unpaired) electrons. The maximum Gasteiger partial charge on any atom is 0.0985 e. The molecule has 0 N–H and O–H groups in total. The van der Waals surface area contributed by atoms with Crippen LogP contribution in [0.2, 0.25) is 0 Å². The normalized spacial score (nSPS) is 34.0. The predicted octanol–water partition coefficient (Wildman–Crippen LogP) is 2.61. The quantitative estimate of drug-likeness (QED) is 0.634. The Hall–Kier alpha value is -0.110. The van der Waals surface area contributed by atoms with Crippen LogP contribution in [0.15, 0.2) is 0 Å². The first kappa shape index (κ1) is 9.97. The van der Waals surface area contributed by atoms with Gasteiger partial charge in [0.05, 0.1) is 6.17 Å². The number of likely N-dealkylation sites (tertiary alicyclic amines) is 1. The van der Waals surface area contributed by atoms with E-state index >= 15 is 0 Å². The zero-order chi connectivity index (χ0) is 9.14. The zero-order valence-corrected chi connectivity index (χ0v) is 8.39. The molecule has 2 heteroatoms. The van der Waals surface area contributed by atoms with E-state index in [1.807, 2.05) is 0 Å². The summed E-state index contributed by atoms with van der Waals surface area (Å²) in [4.78, 5) is 2.43. The summed E-state index contributed by atoms with van der Waals surface area (Å²) in [5.41, 5.74) is 0. The van der Waals surface area contributed by atoms with Crippen molar-refractivity contribution in [3.63, 3.8) is 0 Å². The first-order valence-corrected chi connectivity index (χ1v) is 5.01. The Morgan fingerprint density at radius 1 is 1.33 bits per heavy atom. The minimum atomic E-state index is -0.648. The highest BCUT2D eigenvalue weighted by Gasteiger charge is 2.26. The molecular weight excluding hydrogens is 153 g/mol. The third-order valence-electron chi connectivity index (χ3n) is 2.92. The smallest absolute Gasteiger partial charge is 0.0985 e. The Bertz CT molecular complexity index is 126. The summed E-state index contributed by atoms with van der Waals surface area (Å²) in [7, 11) is 0. The van der Waals surface area contributed by atoms with Gasteiger partial charge in [0.1, 0.15) is 0 Å². The van der Waals surface area contributed by atoms with Crippen molar-refractivity contribution in [1.29, 1.82) is 0 Å². The van der Waals surface area contributed by atoms with E-state index in [1.165, 1.54) is 12.8 Å². The fourth-order valence-electron chi connectivity index (χ4n) is 2.02. The van der Waals surface area contributed by atoms with Gasteiger partial charge in [0, 0.05) is 18.6 Å². The van der Waals surface area contributed by atoms with Crippen molar-refractivity contribution in [3.8, 4) is 0 Å².